The fourth-order valence-corrected chi connectivity index (χ4v) is 10.7. The molecule has 3 aromatic heterocycles. The molecule has 2 amide bonds. The zero-order valence-corrected chi connectivity index (χ0v) is 51.0. The molecule has 27 nitrogen and oxygen atoms in total. The lowest BCUT2D eigenvalue weighted by molar-refractivity contribution is -0.156. The maximum Gasteiger partial charge on any atom is 0.446 e. The predicted molar refractivity (Wildman–Crippen MR) is 325 cm³/mol. The Morgan fingerprint density at radius 1 is 0.778 bits per heavy atom. The van der Waals surface area contributed by atoms with Gasteiger partial charge in [-0.05, 0) is 98.0 Å². The molecular formula is C57H66F3N11O16S3. The lowest BCUT2D eigenvalue weighted by atomic mass is 10.1. The van der Waals surface area contributed by atoms with E-state index in [9.17, 15) is 67.3 Å². The number of carbonyl (C=O) groups excluding carboxylic acids is 3. The standard InChI is InChI=1S/C35H39N7O9S2.C20H26N4O6S.C2HF3O/c1-3-51-18-4-15-40-52(47,48)26-10-6-24(7-11-26)25-8-12-27(13-9-25)53(49,50)41-30(34(45)46)21-38-33(44)29-22-42(2)31-19-23(5-14-28(31)32(29)43)20-39-35-36-16-17-37-35;1-2-29-12-13-30-11-5-10-21-20(25)17-8-9-19(22-14-17)24-23-15-16-6-3-4-7-18(16)31(26,27)28;3-2(4,5)1-6/h5-14,16-17,19,22,30,40-41H,3-4,15,18,20-21H2,1-2H3,(H,38,44)(H,45,46)(H2,36,37,39);3-4,6-9,14-15H,2,5,10-13H2,1H3,(H,21,25)(H,22,24)(H,26,27,28);1H/b;23-15+;. The zero-order valence-electron chi connectivity index (χ0n) is 48.6. The Hall–Kier alpha value is -8.80. The van der Waals surface area contributed by atoms with Gasteiger partial charge in [-0.3, -0.25) is 34.0 Å². The molecule has 0 fully saturated rings. The lowest BCUT2D eigenvalue weighted by Gasteiger charge is -2.16. The van der Waals surface area contributed by atoms with Crippen LogP contribution >= 0.6 is 0 Å². The number of rotatable bonds is 31. The summed E-state index contributed by atoms with van der Waals surface area (Å²) in [5.74, 6) is -1.73. The second-order valence-electron chi connectivity index (χ2n) is 18.7. The van der Waals surface area contributed by atoms with Crippen LogP contribution in [0.3, 0.4) is 0 Å². The van der Waals surface area contributed by atoms with Crippen LogP contribution < -0.4 is 36.2 Å². The average Bonchev–Trinajstić information content (AvgIpc) is 0.927. The summed E-state index contributed by atoms with van der Waals surface area (Å²) in [5, 5.41) is 22.2. The van der Waals surface area contributed by atoms with Crippen LogP contribution in [0.5, 0.6) is 0 Å². The van der Waals surface area contributed by atoms with Crippen LogP contribution in [-0.4, -0.2) is 156 Å². The highest BCUT2D eigenvalue weighted by molar-refractivity contribution is 7.89. The van der Waals surface area contributed by atoms with Crippen LogP contribution in [-0.2, 0) is 67.6 Å². The van der Waals surface area contributed by atoms with Crippen molar-refractivity contribution in [1.82, 2.24) is 39.6 Å². The maximum atomic E-state index is 13.3. The van der Waals surface area contributed by atoms with Gasteiger partial charge in [0.15, 0.2) is 5.95 Å². The van der Waals surface area contributed by atoms with Crippen molar-refractivity contribution in [3.63, 3.8) is 0 Å². The van der Waals surface area contributed by atoms with Crippen LogP contribution in [0.4, 0.5) is 24.9 Å². The minimum absolute atomic E-state index is 0.0677. The summed E-state index contributed by atoms with van der Waals surface area (Å²) in [5.41, 5.74) is 5.05. The minimum atomic E-state index is -4.64. The molecule has 0 saturated carbocycles. The number of ether oxygens (including phenoxy) is 3. The second-order valence-corrected chi connectivity index (χ2v) is 23.6. The van der Waals surface area contributed by atoms with Gasteiger partial charge >= 0.3 is 12.1 Å². The fraction of sp³-hybridized carbons (Fsp3) is 0.298. The molecule has 0 saturated heterocycles. The van der Waals surface area contributed by atoms with E-state index >= 15 is 0 Å². The number of aliphatic carboxylic acids is 1. The first-order chi connectivity index (χ1) is 42.8. The number of hydrogen-bond acceptors (Lipinski definition) is 19. The number of sulfonamides is 2. The van der Waals surface area contributed by atoms with Crippen molar-refractivity contribution in [1.29, 1.82) is 0 Å². The van der Waals surface area contributed by atoms with Gasteiger partial charge in [0.2, 0.25) is 31.8 Å². The quantitative estimate of drug-likeness (QED) is 0.00897. The third-order valence-electron chi connectivity index (χ3n) is 12.2. The van der Waals surface area contributed by atoms with Crippen molar-refractivity contribution in [3.05, 3.63) is 160 Å². The molecule has 0 aliphatic heterocycles. The number of H-pyrrole nitrogens is 1. The normalized spacial score (nSPS) is 12.0. The largest absolute Gasteiger partial charge is 0.480 e. The summed E-state index contributed by atoms with van der Waals surface area (Å²) >= 11 is 0. The molecule has 33 heteroatoms. The number of aldehydes is 1. The highest BCUT2D eigenvalue weighted by Gasteiger charge is 2.28. The maximum absolute atomic E-state index is 13.3. The number of halogens is 3. The molecule has 1 atom stereocenters. The van der Waals surface area contributed by atoms with Crippen LogP contribution in [0, 0.1) is 0 Å². The number of carbonyl (C=O) groups is 4. The molecule has 90 heavy (non-hydrogen) atoms. The molecule has 0 bridgehead atoms. The Morgan fingerprint density at radius 2 is 1.40 bits per heavy atom. The van der Waals surface area contributed by atoms with Gasteiger partial charge in [0.1, 0.15) is 22.3 Å². The van der Waals surface area contributed by atoms with Crippen molar-refractivity contribution in [3.8, 4) is 11.1 Å². The summed E-state index contributed by atoms with van der Waals surface area (Å²) in [6, 6.07) is 24.0. The van der Waals surface area contributed by atoms with Crippen LogP contribution in [0.1, 0.15) is 58.5 Å². The Bertz CT molecular complexity index is 3940. The number of pyridine rings is 2. The molecule has 0 aliphatic rings. The van der Waals surface area contributed by atoms with Crippen LogP contribution in [0.2, 0.25) is 0 Å². The van der Waals surface area contributed by atoms with Gasteiger partial charge in [-0.2, -0.15) is 31.4 Å². The number of hydrogen-bond donors (Lipinski definition) is 9. The van der Waals surface area contributed by atoms with Crippen LogP contribution in [0.25, 0.3) is 22.0 Å². The van der Waals surface area contributed by atoms with Gasteiger partial charge < -0.3 is 44.8 Å². The molecular weight excluding hydrogens is 1250 g/mol. The number of anilines is 2. The first-order valence-corrected chi connectivity index (χ1v) is 31.6. The molecule has 1 unspecified atom stereocenters. The number of amides is 2. The molecule has 4 aromatic carbocycles. The second kappa shape index (κ2) is 34.8. The van der Waals surface area contributed by atoms with Gasteiger partial charge in [0, 0.05) is 95.4 Å². The van der Waals surface area contributed by atoms with E-state index in [1.54, 1.807) is 72.5 Å². The minimum Gasteiger partial charge on any atom is -0.480 e. The smallest absolute Gasteiger partial charge is 0.446 e. The molecule has 484 valence electrons. The number of aryl methyl sites for hydroxylation is 1. The highest BCUT2D eigenvalue weighted by Crippen LogP contribution is 2.24. The van der Waals surface area contributed by atoms with E-state index in [1.807, 2.05) is 13.8 Å². The molecule has 7 aromatic rings. The topological polar surface area (TPSA) is 387 Å². The van der Waals surface area contributed by atoms with Crippen molar-refractivity contribution in [2.24, 2.45) is 12.1 Å². The van der Waals surface area contributed by atoms with Gasteiger partial charge in [-0.1, -0.05) is 48.5 Å². The number of aromatic amines is 1. The number of fused-ring (bicyclic) bond motifs is 1. The molecule has 3 heterocycles. The van der Waals surface area contributed by atoms with Crippen molar-refractivity contribution < 1.29 is 81.5 Å². The molecule has 0 spiro atoms. The Labute approximate surface area is 515 Å². The van der Waals surface area contributed by atoms with E-state index in [-0.39, 0.29) is 43.7 Å². The Morgan fingerprint density at radius 3 is 2.00 bits per heavy atom. The lowest BCUT2D eigenvalue weighted by Crippen LogP contribution is -2.48. The summed E-state index contributed by atoms with van der Waals surface area (Å²) in [7, 11) is -10.8. The fourth-order valence-electron chi connectivity index (χ4n) is 7.76. The monoisotopic (exact) mass is 1310 g/mol. The molecule has 9 N–H and O–H groups in total. The summed E-state index contributed by atoms with van der Waals surface area (Å²) < 4.78 is 137. The molecule has 7 rings (SSSR count). The number of alkyl halides is 3. The Balaban J connectivity index is 0.000000336. The summed E-state index contributed by atoms with van der Waals surface area (Å²) in [4.78, 5) is 69.9. The van der Waals surface area contributed by atoms with Crippen molar-refractivity contribution in [2.45, 2.75) is 60.1 Å². The highest BCUT2D eigenvalue weighted by atomic mass is 32.2. The van der Waals surface area contributed by atoms with Crippen molar-refractivity contribution in [2.75, 3.05) is 70.0 Å². The predicted octanol–water partition coefficient (Wildman–Crippen LogP) is 5.10. The van der Waals surface area contributed by atoms with E-state index in [4.69, 9.17) is 19.0 Å². The number of carboxylic acid groups (broad SMARTS) is 1. The SMILES string of the molecule is CCOCCCNS(=O)(=O)c1ccc(-c2ccc(S(=O)(=O)NC(CNC(=O)c3cn(C)c4cc(CNc5ncc[nH]5)ccc4c3=O)C(=O)O)cc2)cc1.CCOCCOCCCNC(=O)c1ccc(N/N=C/c2ccccc2S(=O)(=O)O)nc1.O=CC(F)(F)F. The van der Waals surface area contributed by atoms with E-state index < -0.39 is 72.5 Å². The summed E-state index contributed by atoms with van der Waals surface area (Å²) in [6.45, 7) is 7.53. The third-order valence-corrected chi connectivity index (χ3v) is 16.1. The number of nitrogens with zero attached hydrogens (tertiary/aromatic N) is 4. The van der Waals surface area contributed by atoms with E-state index in [0.717, 1.165) is 5.56 Å². The number of benzene rings is 4. The van der Waals surface area contributed by atoms with Gasteiger partial charge in [0.25, 0.3) is 21.9 Å². The van der Waals surface area contributed by atoms with Gasteiger partial charge in [-0.25, -0.2) is 31.5 Å². The van der Waals surface area contributed by atoms with E-state index in [2.05, 4.69) is 50.9 Å². The molecule has 0 radical (unpaired) electrons. The first kappa shape index (κ1) is 71.9. The van der Waals surface area contributed by atoms with E-state index in [1.165, 1.54) is 73.2 Å². The number of aromatic nitrogens is 4. The van der Waals surface area contributed by atoms with Crippen LogP contribution in [0.15, 0.2) is 152 Å². The average molecular weight is 1310 g/mol. The van der Waals surface area contributed by atoms with E-state index in [0.29, 0.717) is 99.5 Å². The number of imidazole rings is 1. The first-order valence-electron chi connectivity index (χ1n) is 27.2. The summed E-state index contributed by atoms with van der Waals surface area (Å²) in [6.07, 6.45) is 2.79. The number of carboxylic acids is 1. The zero-order chi connectivity index (χ0) is 65.9. The number of hydrazone groups is 1. The number of nitrogens with one attached hydrogen (secondary N) is 7. The third kappa shape index (κ3) is 23.3. The Kier molecular flexibility index (Phi) is 27.8. The molecule has 0 aliphatic carbocycles. The van der Waals surface area contributed by atoms with Gasteiger partial charge in [0.05, 0.1) is 40.3 Å². The van der Waals surface area contributed by atoms with Gasteiger partial charge in [-0.15, -0.1) is 0 Å². The van der Waals surface area contributed by atoms with Crippen molar-refractivity contribution >= 4 is 83.1 Å².